The second-order valence-corrected chi connectivity index (χ2v) is 9.70. The molecule has 4 N–H and O–H groups in total. The summed E-state index contributed by atoms with van der Waals surface area (Å²) in [5.41, 5.74) is 10.9. The Balaban J connectivity index is 0. The number of nitrogens with two attached hydrogens (primary N) is 2. The standard InChI is InChI=1S/C16H33N.C14H31N/c1-2-3-4-5-6-7-8-9-10-11-12-13-14-15-16-17;1-2-3-4-5-6-7-8-9-10-11-12-13-14-15/h7-8H,2-6,9-17H2,1H3;2-15H2,1H3/b8-7-;. The highest BCUT2D eigenvalue weighted by atomic mass is 14.5. The average molecular weight is 453 g/mol. The topological polar surface area (TPSA) is 52.0 Å². The zero-order chi connectivity index (χ0) is 23.8. The van der Waals surface area contributed by atoms with Crippen LogP contribution in [0, 0.1) is 0 Å². The quantitative estimate of drug-likeness (QED) is 0.107. The zero-order valence-electron chi connectivity index (χ0n) is 22.7. The maximum Gasteiger partial charge on any atom is -0.00773 e. The van der Waals surface area contributed by atoms with E-state index in [2.05, 4.69) is 26.0 Å². The van der Waals surface area contributed by atoms with Crippen molar-refractivity contribution in [2.24, 2.45) is 11.5 Å². The lowest BCUT2D eigenvalue weighted by Crippen LogP contribution is -1.97. The molecule has 2 nitrogen and oxygen atoms in total. The molecule has 0 aromatic rings. The fourth-order valence-electron chi connectivity index (χ4n) is 4.02. The first-order valence-corrected chi connectivity index (χ1v) is 14.9. The van der Waals surface area contributed by atoms with E-state index in [1.165, 1.54) is 154 Å². The van der Waals surface area contributed by atoms with E-state index in [4.69, 9.17) is 11.5 Å². The van der Waals surface area contributed by atoms with Crippen molar-refractivity contribution >= 4 is 0 Å². The van der Waals surface area contributed by atoms with Crippen molar-refractivity contribution in [3.8, 4) is 0 Å². The molecule has 0 atom stereocenters. The van der Waals surface area contributed by atoms with Crippen molar-refractivity contribution in [3.05, 3.63) is 12.2 Å². The number of rotatable bonds is 25. The molecule has 0 fully saturated rings. The van der Waals surface area contributed by atoms with Gasteiger partial charge >= 0.3 is 0 Å². The van der Waals surface area contributed by atoms with Gasteiger partial charge in [0.1, 0.15) is 0 Å². The molecule has 0 saturated carbocycles. The van der Waals surface area contributed by atoms with Crippen LogP contribution in [0.4, 0.5) is 0 Å². The van der Waals surface area contributed by atoms with Crippen LogP contribution in [0.3, 0.4) is 0 Å². The molecule has 2 heteroatoms. The Morgan fingerprint density at radius 2 is 0.594 bits per heavy atom. The fraction of sp³-hybridized carbons (Fsp3) is 0.933. The molecule has 0 aliphatic heterocycles. The van der Waals surface area contributed by atoms with Crippen molar-refractivity contribution in [2.45, 2.75) is 168 Å². The Hall–Kier alpha value is -0.340. The van der Waals surface area contributed by atoms with Gasteiger partial charge in [-0.1, -0.05) is 142 Å². The molecule has 0 spiro atoms. The van der Waals surface area contributed by atoms with Crippen molar-refractivity contribution in [1.29, 1.82) is 0 Å². The monoisotopic (exact) mass is 453 g/mol. The summed E-state index contributed by atoms with van der Waals surface area (Å²) in [5, 5.41) is 0. The third-order valence-electron chi connectivity index (χ3n) is 6.27. The number of hydrogen-bond donors (Lipinski definition) is 2. The molecule has 0 aliphatic rings. The molecule has 0 radical (unpaired) electrons. The fourth-order valence-corrected chi connectivity index (χ4v) is 4.02. The van der Waals surface area contributed by atoms with Gasteiger partial charge in [0.2, 0.25) is 0 Å². The van der Waals surface area contributed by atoms with Crippen LogP contribution in [-0.4, -0.2) is 13.1 Å². The van der Waals surface area contributed by atoms with Crippen LogP contribution in [0.2, 0.25) is 0 Å². The summed E-state index contributed by atoms with van der Waals surface area (Å²) in [7, 11) is 0. The van der Waals surface area contributed by atoms with Crippen molar-refractivity contribution in [2.75, 3.05) is 13.1 Å². The van der Waals surface area contributed by atoms with Crippen LogP contribution in [0.5, 0.6) is 0 Å². The first-order valence-electron chi connectivity index (χ1n) is 14.9. The minimum Gasteiger partial charge on any atom is -0.330 e. The molecular formula is C30H64N2. The largest absolute Gasteiger partial charge is 0.330 e. The normalized spacial score (nSPS) is 11.1. The van der Waals surface area contributed by atoms with E-state index in [0.29, 0.717) is 0 Å². The summed E-state index contributed by atoms with van der Waals surface area (Å²) in [5.74, 6) is 0. The van der Waals surface area contributed by atoms with E-state index in [1.54, 1.807) is 0 Å². The first kappa shape index (κ1) is 33.8. The van der Waals surface area contributed by atoms with Crippen LogP contribution in [0.1, 0.15) is 168 Å². The molecule has 0 unspecified atom stereocenters. The van der Waals surface area contributed by atoms with Crippen molar-refractivity contribution < 1.29 is 0 Å². The molecule has 32 heavy (non-hydrogen) atoms. The van der Waals surface area contributed by atoms with Crippen LogP contribution >= 0.6 is 0 Å². The van der Waals surface area contributed by atoms with E-state index in [-0.39, 0.29) is 0 Å². The van der Waals surface area contributed by atoms with E-state index >= 15 is 0 Å². The second kappa shape index (κ2) is 35.3. The van der Waals surface area contributed by atoms with Gasteiger partial charge in [-0.2, -0.15) is 0 Å². The van der Waals surface area contributed by atoms with Crippen LogP contribution in [0.25, 0.3) is 0 Å². The predicted molar refractivity (Wildman–Crippen MR) is 149 cm³/mol. The van der Waals surface area contributed by atoms with Gasteiger partial charge in [0, 0.05) is 0 Å². The summed E-state index contributed by atoms with van der Waals surface area (Å²) in [6.45, 7) is 6.28. The maximum absolute atomic E-state index is 5.46. The molecular weight excluding hydrogens is 388 g/mol. The van der Waals surface area contributed by atoms with Gasteiger partial charge in [-0.3, -0.25) is 0 Å². The van der Waals surface area contributed by atoms with Crippen LogP contribution in [0.15, 0.2) is 12.2 Å². The summed E-state index contributed by atoms with van der Waals surface area (Å²) < 4.78 is 0. The molecule has 0 heterocycles. The summed E-state index contributed by atoms with van der Waals surface area (Å²) in [6, 6.07) is 0. The molecule has 194 valence electrons. The zero-order valence-corrected chi connectivity index (χ0v) is 22.7. The lowest BCUT2D eigenvalue weighted by Gasteiger charge is -2.01. The lowest BCUT2D eigenvalue weighted by atomic mass is 10.1. The highest BCUT2D eigenvalue weighted by Crippen LogP contribution is 2.11. The maximum atomic E-state index is 5.46. The van der Waals surface area contributed by atoms with Gasteiger partial charge in [0.15, 0.2) is 0 Å². The average Bonchev–Trinajstić information content (AvgIpc) is 2.81. The Bertz CT molecular complexity index is 302. The number of unbranched alkanes of at least 4 members (excludes halogenated alkanes) is 21. The first-order chi connectivity index (χ1) is 15.8. The van der Waals surface area contributed by atoms with Gasteiger partial charge in [0.05, 0.1) is 0 Å². The minimum atomic E-state index is 0.862. The molecule has 0 aliphatic carbocycles. The lowest BCUT2D eigenvalue weighted by molar-refractivity contribution is 0.545. The third kappa shape index (κ3) is 37.0. The summed E-state index contributed by atoms with van der Waals surface area (Å²) >= 11 is 0. The highest BCUT2D eigenvalue weighted by molar-refractivity contribution is 4.81. The van der Waals surface area contributed by atoms with E-state index in [1.807, 2.05) is 0 Å². The van der Waals surface area contributed by atoms with Gasteiger partial charge in [-0.05, 0) is 51.6 Å². The molecule has 0 rings (SSSR count). The summed E-state index contributed by atoms with van der Waals surface area (Å²) in [6.07, 6.45) is 37.8. The SMILES string of the molecule is CCCCCC/C=C\CCCCCCCCN.CCCCCCCCCCCCCCN. The Morgan fingerprint density at radius 3 is 0.906 bits per heavy atom. The number of hydrogen-bond acceptors (Lipinski definition) is 2. The molecule has 0 bridgehead atoms. The second-order valence-electron chi connectivity index (χ2n) is 9.70. The van der Waals surface area contributed by atoms with Crippen molar-refractivity contribution in [1.82, 2.24) is 0 Å². The molecule has 0 saturated heterocycles. The summed E-state index contributed by atoms with van der Waals surface area (Å²) in [4.78, 5) is 0. The van der Waals surface area contributed by atoms with Crippen LogP contribution in [-0.2, 0) is 0 Å². The van der Waals surface area contributed by atoms with Gasteiger partial charge in [-0.25, -0.2) is 0 Å². The smallest absolute Gasteiger partial charge is 0.00773 e. The predicted octanol–water partition coefficient (Wildman–Crippen LogP) is 9.85. The van der Waals surface area contributed by atoms with E-state index in [9.17, 15) is 0 Å². The Morgan fingerprint density at radius 1 is 0.344 bits per heavy atom. The Labute approximate surface area is 204 Å². The molecule has 0 amide bonds. The van der Waals surface area contributed by atoms with E-state index < -0.39 is 0 Å². The van der Waals surface area contributed by atoms with E-state index in [0.717, 1.165) is 13.1 Å². The molecule has 0 aromatic carbocycles. The number of allylic oxidation sites excluding steroid dienone is 2. The van der Waals surface area contributed by atoms with Crippen molar-refractivity contribution in [3.63, 3.8) is 0 Å². The Kier molecular flexibility index (Phi) is 37.3. The van der Waals surface area contributed by atoms with Crippen LogP contribution < -0.4 is 11.5 Å². The highest BCUT2D eigenvalue weighted by Gasteiger charge is 1.92. The van der Waals surface area contributed by atoms with Gasteiger partial charge in [-0.15, -0.1) is 0 Å². The van der Waals surface area contributed by atoms with Gasteiger partial charge in [0.25, 0.3) is 0 Å². The minimum absolute atomic E-state index is 0.862. The van der Waals surface area contributed by atoms with Gasteiger partial charge < -0.3 is 11.5 Å². The third-order valence-corrected chi connectivity index (χ3v) is 6.27. The molecule has 0 aromatic heterocycles.